The van der Waals surface area contributed by atoms with E-state index in [-0.39, 0.29) is 41.6 Å². The zero-order chi connectivity index (χ0) is 28.2. The van der Waals surface area contributed by atoms with Crippen molar-refractivity contribution in [1.82, 2.24) is 10.2 Å². The van der Waals surface area contributed by atoms with Crippen LogP contribution in [-0.4, -0.2) is 62.3 Å². The van der Waals surface area contributed by atoms with Crippen molar-refractivity contribution < 1.29 is 37.0 Å². The number of carbonyl (C=O) groups is 2. The lowest BCUT2D eigenvalue weighted by atomic mass is 10.1. The number of carbonyl (C=O) groups excluding carboxylic acids is 2. The Labute approximate surface area is 223 Å². The SMILES string of the molecule is COc1cc(C(=O)NC2(C(F)(F)F)N=C(c3ccccc3)N(CCc3ccccc3)C2=O)cc(OC)c1OC. The average molecular weight is 542 g/mol. The third-order valence-corrected chi connectivity index (χ3v) is 6.21. The van der Waals surface area contributed by atoms with E-state index in [4.69, 9.17) is 14.2 Å². The third kappa shape index (κ3) is 5.25. The summed E-state index contributed by atoms with van der Waals surface area (Å²) in [6.07, 6.45) is -4.99. The zero-order valence-corrected chi connectivity index (χ0v) is 21.4. The molecule has 1 N–H and O–H groups in total. The molecule has 4 rings (SSSR count). The molecule has 3 aromatic carbocycles. The number of halogens is 3. The molecular formula is C28H26F3N3O5. The number of benzene rings is 3. The Hall–Kier alpha value is -4.54. The third-order valence-electron chi connectivity index (χ3n) is 6.21. The molecule has 11 heteroatoms. The molecule has 0 radical (unpaired) electrons. The summed E-state index contributed by atoms with van der Waals surface area (Å²) in [5, 5.41) is 1.87. The van der Waals surface area contributed by atoms with Crippen LogP contribution < -0.4 is 19.5 Å². The lowest BCUT2D eigenvalue weighted by Crippen LogP contribution is -2.63. The first-order valence-electron chi connectivity index (χ1n) is 11.9. The molecular weight excluding hydrogens is 515 g/mol. The summed E-state index contributed by atoms with van der Waals surface area (Å²) >= 11 is 0. The summed E-state index contributed by atoms with van der Waals surface area (Å²) in [5.41, 5.74) is -2.68. The van der Waals surface area contributed by atoms with Crippen LogP contribution >= 0.6 is 0 Å². The van der Waals surface area contributed by atoms with Crippen LogP contribution in [0.15, 0.2) is 77.8 Å². The number of hydrogen-bond acceptors (Lipinski definition) is 6. The Morgan fingerprint density at radius 3 is 2.00 bits per heavy atom. The van der Waals surface area contributed by atoms with Crippen molar-refractivity contribution in [1.29, 1.82) is 0 Å². The first kappa shape index (κ1) is 27.5. The number of methoxy groups -OCH3 is 3. The Balaban J connectivity index is 1.77. The second kappa shape index (κ2) is 11.1. The minimum absolute atomic E-state index is 0.0544. The van der Waals surface area contributed by atoms with Crippen LogP contribution in [0.1, 0.15) is 21.5 Å². The lowest BCUT2D eigenvalue weighted by Gasteiger charge is -2.29. The van der Waals surface area contributed by atoms with Gasteiger partial charge in [-0.3, -0.25) is 14.5 Å². The number of amidine groups is 1. The maximum absolute atomic E-state index is 14.7. The van der Waals surface area contributed by atoms with Gasteiger partial charge in [-0.05, 0) is 24.1 Å². The minimum Gasteiger partial charge on any atom is -0.493 e. The van der Waals surface area contributed by atoms with Crippen LogP contribution in [0.4, 0.5) is 13.2 Å². The number of rotatable bonds is 9. The van der Waals surface area contributed by atoms with Gasteiger partial charge in [0.15, 0.2) is 11.5 Å². The molecule has 2 amide bonds. The van der Waals surface area contributed by atoms with Crippen molar-refractivity contribution in [2.24, 2.45) is 4.99 Å². The van der Waals surface area contributed by atoms with Crippen molar-refractivity contribution in [2.45, 2.75) is 18.3 Å². The van der Waals surface area contributed by atoms with Crippen molar-refractivity contribution in [3.05, 3.63) is 89.5 Å². The number of alkyl halides is 3. The van der Waals surface area contributed by atoms with Gasteiger partial charge in [0.2, 0.25) is 5.75 Å². The van der Waals surface area contributed by atoms with Crippen LogP contribution in [0.3, 0.4) is 0 Å². The molecule has 0 aromatic heterocycles. The summed E-state index contributed by atoms with van der Waals surface area (Å²) in [6.45, 7) is -0.0888. The van der Waals surface area contributed by atoms with Gasteiger partial charge in [-0.2, -0.15) is 13.2 Å². The van der Waals surface area contributed by atoms with Crippen LogP contribution in [0.5, 0.6) is 17.2 Å². The quantitative estimate of drug-likeness (QED) is 0.438. The fraction of sp³-hybridized carbons (Fsp3) is 0.250. The average Bonchev–Trinajstić information content (AvgIpc) is 3.23. The van der Waals surface area contributed by atoms with Crippen molar-refractivity contribution in [3.8, 4) is 17.2 Å². The van der Waals surface area contributed by atoms with Crippen molar-refractivity contribution in [2.75, 3.05) is 27.9 Å². The molecule has 0 saturated carbocycles. The van der Waals surface area contributed by atoms with Crippen LogP contribution in [0, 0.1) is 0 Å². The second-order valence-corrected chi connectivity index (χ2v) is 8.57. The highest BCUT2D eigenvalue weighted by Gasteiger charge is 2.67. The Kier molecular flexibility index (Phi) is 7.80. The number of hydrogen-bond donors (Lipinski definition) is 1. The molecule has 0 saturated heterocycles. The molecule has 0 fully saturated rings. The standard InChI is InChI=1S/C28H26F3N3O5/c1-37-21-16-20(17-22(38-2)23(21)39-3)25(35)33-27(28(29,30)31)26(36)34(15-14-18-10-6-4-7-11-18)24(32-27)19-12-8-5-9-13-19/h4-13,16-17H,14-15H2,1-3H3,(H,33,35). The molecule has 0 aliphatic carbocycles. The van der Waals surface area contributed by atoms with Gasteiger partial charge in [-0.25, -0.2) is 4.99 Å². The summed E-state index contributed by atoms with van der Waals surface area (Å²) in [7, 11) is 3.95. The largest absolute Gasteiger partial charge is 0.493 e. The Morgan fingerprint density at radius 1 is 0.923 bits per heavy atom. The minimum atomic E-state index is -5.26. The maximum Gasteiger partial charge on any atom is 0.442 e. The number of amides is 2. The predicted molar refractivity (Wildman–Crippen MR) is 137 cm³/mol. The molecule has 8 nitrogen and oxygen atoms in total. The topological polar surface area (TPSA) is 89.5 Å². The van der Waals surface area contributed by atoms with E-state index < -0.39 is 23.7 Å². The lowest BCUT2D eigenvalue weighted by molar-refractivity contribution is -0.196. The summed E-state index contributed by atoms with van der Waals surface area (Å²) < 4.78 is 59.8. The van der Waals surface area contributed by atoms with E-state index >= 15 is 0 Å². The molecule has 0 spiro atoms. The second-order valence-electron chi connectivity index (χ2n) is 8.57. The number of ether oxygens (including phenoxy) is 3. The molecule has 1 heterocycles. The van der Waals surface area contributed by atoms with Gasteiger partial charge >= 0.3 is 11.8 Å². The highest BCUT2D eigenvalue weighted by atomic mass is 19.4. The highest BCUT2D eigenvalue weighted by molar-refractivity contribution is 6.16. The van der Waals surface area contributed by atoms with Gasteiger partial charge in [-0.15, -0.1) is 0 Å². The molecule has 204 valence electrons. The molecule has 1 atom stereocenters. The van der Waals surface area contributed by atoms with Gasteiger partial charge in [0.1, 0.15) is 5.84 Å². The van der Waals surface area contributed by atoms with E-state index in [0.717, 1.165) is 10.5 Å². The number of aliphatic imine (C=N–C) groups is 1. The normalized spacial score (nSPS) is 17.0. The van der Waals surface area contributed by atoms with Crippen molar-refractivity contribution >= 4 is 17.6 Å². The van der Waals surface area contributed by atoms with E-state index in [1.807, 2.05) is 23.5 Å². The fourth-order valence-corrected chi connectivity index (χ4v) is 4.24. The number of nitrogens with zero attached hydrogens (tertiary/aromatic N) is 2. The monoisotopic (exact) mass is 541 g/mol. The summed E-state index contributed by atoms with van der Waals surface area (Å²) in [6, 6.07) is 19.4. The van der Waals surface area contributed by atoms with Gasteiger partial charge in [0.25, 0.3) is 11.8 Å². The van der Waals surface area contributed by atoms with E-state index in [1.54, 1.807) is 42.5 Å². The smallest absolute Gasteiger partial charge is 0.442 e. The Morgan fingerprint density at radius 2 is 1.49 bits per heavy atom. The van der Waals surface area contributed by atoms with Gasteiger partial charge in [0.05, 0.1) is 21.3 Å². The van der Waals surface area contributed by atoms with E-state index in [9.17, 15) is 22.8 Å². The van der Waals surface area contributed by atoms with E-state index in [1.165, 1.54) is 33.5 Å². The van der Waals surface area contributed by atoms with E-state index in [0.29, 0.717) is 5.56 Å². The van der Waals surface area contributed by atoms with Crippen LogP contribution in [-0.2, 0) is 11.2 Å². The summed E-state index contributed by atoms with van der Waals surface area (Å²) in [5.74, 6) is -2.56. The highest BCUT2D eigenvalue weighted by Crippen LogP contribution is 2.41. The predicted octanol–water partition coefficient (Wildman–Crippen LogP) is 4.23. The van der Waals surface area contributed by atoms with Crippen LogP contribution in [0.25, 0.3) is 0 Å². The zero-order valence-electron chi connectivity index (χ0n) is 21.4. The molecule has 3 aromatic rings. The number of nitrogens with one attached hydrogen (secondary N) is 1. The van der Waals surface area contributed by atoms with Crippen molar-refractivity contribution in [3.63, 3.8) is 0 Å². The molecule has 1 aliphatic rings. The molecule has 0 bridgehead atoms. The first-order chi connectivity index (χ1) is 18.6. The van der Waals surface area contributed by atoms with Gasteiger partial charge < -0.3 is 19.5 Å². The molecule has 39 heavy (non-hydrogen) atoms. The fourth-order valence-electron chi connectivity index (χ4n) is 4.24. The maximum atomic E-state index is 14.7. The van der Waals surface area contributed by atoms with E-state index in [2.05, 4.69) is 4.99 Å². The Bertz CT molecular complexity index is 1360. The molecule has 1 aliphatic heterocycles. The molecule has 1 unspecified atom stereocenters. The van der Waals surface area contributed by atoms with Gasteiger partial charge in [-0.1, -0.05) is 60.7 Å². The van der Waals surface area contributed by atoms with Gasteiger partial charge in [0, 0.05) is 17.7 Å². The summed E-state index contributed by atoms with van der Waals surface area (Å²) in [4.78, 5) is 31.7. The first-order valence-corrected chi connectivity index (χ1v) is 11.9. The van der Waals surface area contributed by atoms with Crippen LogP contribution in [0.2, 0.25) is 0 Å².